The summed E-state index contributed by atoms with van der Waals surface area (Å²) < 4.78 is 11.2. The lowest BCUT2D eigenvalue weighted by atomic mass is 9.90. The summed E-state index contributed by atoms with van der Waals surface area (Å²) in [6, 6.07) is 29.2. The van der Waals surface area contributed by atoms with Gasteiger partial charge in [0.1, 0.15) is 30.6 Å². The largest absolute Gasteiger partial charge is 0.490 e. The second kappa shape index (κ2) is 12.9. The third-order valence-electron chi connectivity index (χ3n) is 5.95. The number of carbonyl (C=O) groups excluding carboxylic acids is 1. The van der Waals surface area contributed by atoms with E-state index >= 15 is 0 Å². The van der Waals surface area contributed by atoms with Crippen LogP contribution >= 0.6 is 0 Å². The zero-order chi connectivity index (χ0) is 27.6. The third-order valence-corrected chi connectivity index (χ3v) is 5.95. The summed E-state index contributed by atoms with van der Waals surface area (Å²) in [4.78, 5) is 36.3. The molecular formula is C31H27NO7. The summed E-state index contributed by atoms with van der Waals surface area (Å²) in [5.41, 5.74) is 2.52. The highest BCUT2D eigenvalue weighted by molar-refractivity contribution is 6.11. The number of carbonyl (C=O) groups is 3. The number of Topliss-reactive ketones (excluding diaryl/α,β-unsaturated/α-hetero) is 1. The lowest BCUT2D eigenvalue weighted by molar-refractivity contribution is -0.139. The molecule has 4 aromatic carbocycles. The van der Waals surface area contributed by atoms with Gasteiger partial charge in [0.2, 0.25) is 0 Å². The fourth-order valence-electron chi connectivity index (χ4n) is 3.93. The van der Waals surface area contributed by atoms with Gasteiger partial charge in [0.05, 0.1) is 5.56 Å². The van der Waals surface area contributed by atoms with Crippen molar-refractivity contribution < 1.29 is 34.1 Å². The Bertz CT molecular complexity index is 1420. The molecular weight excluding hydrogens is 498 g/mol. The molecule has 4 aromatic rings. The van der Waals surface area contributed by atoms with Gasteiger partial charge in [-0.25, -0.2) is 4.79 Å². The number of rotatable bonds is 13. The summed E-state index contributed by atoms with van der Waals surface area (Å²) in [5, 5.41) is 22.0. The Balaban J connectivity index is 1.34. The molecule has 1 unspecified atom stereocenters. The second-order valence-electron chi connectivity index (χ2n) is 8.67. The van der Waals surface area contributed by atoms with E-state index in [1.807, 2.05) is 30.3 Å². The molecule has 0 aromatic heterocycles. The first-order chi connectivity index (χ1) is 18.9. The number of aliphatic carboxylic acids is 1. The van der Waals surface area contributed by atoms with E-state index in [0.29, 0.717) is 28.3 Å². The topological polar surface area (TPSA) is 122 Å². The number of benzene rings is 4. The average molecular weight is 526 g/mol. The molecule has 0 saturated heterocycles. The number of carboxylic acids is 2. The molecule has 198 valence electrons. The van der Waals surface area contributed by atoms with Crippen molar-refractivity contribution in [1.82, 2.24) is 0 Å². The first-order valence-electron chi connectivity index (χ1n) is 12.3. The monoisotopic (exact) mass is 525 g/mol. The van der Waals surface area contributed by atoms with Crippen LogP contribution in [0.2, 0.25) is 0 Å². The maximum absolute atomic E-state index is 13.3. The lowest BCUT2D eigenvalue weighted by Gasteiger charge is -2.16. The van der Waals surface area contributed by atoms with Crippen LogP contribution in [0.1, 0.15) is 26.3 Å². The molecule has 0 aliphatic heterocycles. The van der Waals surface area contributed by atoms with Gasteiger partial charge in [-0.15, -0.1) is 0 Å². The maximum Gasteiger partial charge on any atom is 0.335 e. The van der Waals surface area contributed by atoms with Gasteiger partial charge in [-0.3, -0.25) is 9.59 Å². The molecule has 1 atom stereocenters. The van der Waals surface area contributed by atoms with Gasteiger partial charge in [-0.05, 0) is 72.6 Å². The number of ether oxygens (including phenoxy) is 2. The first kappa shape index (κ1) is 26.9. The van der Waals surface area contributed by atoms with Gasteiger partial charge in [-0.2, -0.15) is 0 Å². The Morgan fingerprint density at radius 2 is 1.26 bits per heavy atom. The maximum atomic E-state index is 13.3. The molecule has 0 radical (unpaired) electrons. The summed E-state index contributed by atoms with van der Waals surface area (Å²) >= 11 is 0. The number of hydrogen-bond donors (Lipinski definition) is 3. The van der Waals surface area contributed by atoms with Gasteiger partial charge in [0, 0.05) is 16.9 Å². The van der Waals surface area contributed by atoms with E-state index in [4.69, 9.17) is 14.6 Å². The molecule has 0 aliphatic rings. The molecule has 0 fully saturated rings. The van der Waals surface area contributed by atoms with E-state index < -0.39 is 23.6 Å². The summed E-state index contributed by atoms with van der Waals surface area (Å²) in [6.07, 6.45) is 0.0313. The fourth-order valence-corrected chi connectivity index (χ4v) is 3.93. The normalized spacial score (nSPS) is 11.3. The van der Waals surface area contributed by atoms with E-state index in [9.17, 15) is 19.5 Å². The van der Waals surface area contributed by atoms with Gasteiger partial charge in [0.15, 0.2) is 5.78 Å². The second-order valence-corrected chi connectivity index (χ2v) is 8.67. The smallest absolute Gasteiger partial charge is 0.335 e. The summed E-state index contributed by atoms with van der Waals surface area (Å²) in [7, 11) is 0. The predicted molar refractivity (Wildman–Crippen MR) is 146 cm³/mol. The van der Waals surface area contributed by atoms with Crippen LogP contribution in [-0.2, 0) is 11.2 Å². The number of aromatic carboxylic acids is 1. The standard InChI is InChI=1S/C31H27NO7/c33-29(26-8-4-5-9-28(26)32-23-6-2-1-3-7-23)27(31(36)37)20-21-10-14-24(15-11-21)38-18-19-39-25-16-12-22(13-17-25)30(34)35/h1-17,27,32H,18-20H2,(H,34,35)(H,36,37). The minimum absolute atomic E-state index is 0.0313. The van der Waals surface area contributed by atoms with Crippen molar-refractivity contribution in [2.24, 2.45) is 5.92 Å². The summed E-state index contributed by atoms with van der Waals surface area (Å²) in [5.74, 6) is -2.82. The Hall–Kier alpha value is -5.11. The van der Waals surface area contributed by atoms with Crippen molar-refractivity contribution in [2.75, 3.05) is 18.5 Å². The van der Waals surface area contributed by atoms with Crippen LogP contribution in [0.5, 0.6) is 11.5 Å². The number of nitrogens with one attached hydrogen (secondary N) is 1. The van der Waals surface area contributed by atoms with E-state index in [2.05, 4.69) is 5.32 Å². The lowest BCUT2D eigenvalue weighted by Crippen LogP contribution is -2.26. The molecule has 39 heavy (non-hydrogen) atoms. The molecule has 0 spiro atoms. The molecule has 4 rings (SSSR count). The van der Waals surface area contributed by atoms with Gasteiger partial charge >= 0.3 is 11.9 Å². The zero-order valence-corrected chi connectivity index (χ0v) is 20.9. The molecule has 0 amide bonds. The molecule has 0 heterocycles. The minimum atomic E-state index is -1.25. The molecule has 0 bridgehead atoms. The van der Waals surface area contributed by atoms with Crippen molar-refractivity contribution >= 4 is 29.1 Å². The Morgan fingerprint density at radius 1 is 0.692 bits per heavy atom. The van der Waals surface area contributed by atoms with Crippen LogP contribution in [-0.4, -0.2) is 41.1 Å². The predicted octanol–water partition coefficient (Wildman–Crippen LogP) is 5.71. The number of para-hydroxylation sites is 2. The van der Waals surface area contributed by atoms with Crippen LogP contribution in [0.4, 0.5) is 11.4 Å². The van der Waals surface area contributed by atoms with E-state index in [0.717, 1.165) is 5.69 Å². The van der Waals surface area contributed by atoms with E-state index in [-0.39, 0.29) is 25.2 Å². The molecule has 0 saturated carbocycles. The molecule has 0 aliphatic carbocycles. The highest BCUT2D eigenvalue weighted by atomic mass is 16.5. The fraction of sp³-hybridized carbons (Fsp3) is 0.129. The van der Waals surface area contributed by atoms with Crippen LogP contribution < -0.4 is 14.8 Å². The van der Waals surface area contributed by atoms with E-state index in [1.165, 1.54) is 12.1 Å². The van der Waals surface area contributed by atoms with E-state index in [1.54, 1.807) is 60.7 Å². The Morgan fingerprint density at radius 3 is 1.85 bits per heavy atom. The van der Waals surface area contributed by atoms with Gasteiger partial charge in [-0.1, -0.05) is 42.5 Å². The number of carboxylic acid groups (broad SMARTS) is 2. The zero-order valence-electron chi connectivity index (χ0n) is 20.9. The first-order valence-corrected chi connectivity index (χ1v) is 12.3. The van der Waals surface area contributed by atoms with Crippen LogP contribution in [0, 0.1) is 5.92 Å². The Kier molecular flexibility index (Phi) is 8.92. The highest BCUT2D eigenvalue weighted by Gasteiger charge is 2.29. The SMILES string of the molecule is O=C(O)c1ccc(OCCOc2ccc(CC(C(=O)O)C(=O)c3ccccc3Nc3ccccc3)cc2)cc1. The highest BCUT2D eigenvalue weighted by Crippen LogP contribution is 2.25. The summed E-state index contributed by atoms with van der Waals surface area (Å²) in [6.45, 7) is 0.502. The van der Waals surface area contributed by atoms with Crippen molar-refractivity contribution in [1.29, 1.82) is 0 Å². The van der Waals surface area contributed by atoms with Crippen molar-refractivity contribution in [3.8, 4) is 11.5 Å². The molecule has 3 N–H and O–H groups in total. The third kappa shape index (κ3) is 7.45. The number of hydrogen-bond acceptors (Lipinski definition) is 6. The Labute approximate surface area is 225 Å². The van der Waals surface area contributed by atoms with Crippen molar-refractivity contribution in [3.05, 3.63) is 120 Å². The quantitative estimate of drug-likeness (QED) is 0.115. The van der Waals surface area contributed by atoms with Crippen LogP contribution in [0.15, 0.2) is 103 Å². The minimum Gasteiger partial charge on any atom is -0.490 e. The number of anilines is 2. The van der Waals surface area contributed by atoms with Gasteiger partial charge < -0.3 is 25.0 Å². The molecule has 8 heteroatoms. The molecule has 8 nitrogen and oxygen atoms in total. The van der Waals surface area contributed by atoms with Crippen LogP contribution in [0.3, 0.4) is 0 Å². The van der Waals surface area contributed by atoms with Crippen molar-refractivity contribution in [2.45, 2.75) is 6.42 Å². The average Bonchev–Trinajstić information content (AvgIpc) is 2.95. The van der Waals surface area contributed by atoms with Gasteiger partial charge in [0.25, 0.3) is 0 Å². The van der Waals surface area contributed by atoms with Crippen LogP contribution in [0.25, 0.3) is 0 Å². The number of ketones is 1. The van der Waals surface area contributed by atoms with Crippen molar-refractivity contribution in [3.63, 3.8) is 0 Å².